The Hall–Kier alpha value is -2.15. The lowest BCUT2D eigenvalue weighted by Gasteiger charge is -2.18. The van der Waals surface area contributed by atoms with Gasteiger partial charge in [0, 0.05) is 12.0 Å². The van der Waals surface area contributed by atoms with E-state index in [-0.39, 0.29) is 0 Å². The van der Waals surface area contributed by atoms with E-state index in [9.17, 15) is 8.42 Å². The molecule has 0 aliphatic carbocycles. The molecule has 3 aromatic carbocycles. The Labute approximate surface area is 161 Å². The Kier molecular flexibility index (Phi) is 4.37. The highest BCUT2D eigenvalue weighted by Gasteiger charge is 2.29. The van der Waals surface area contributed by atoms with Crippen molar-refractivity contribution >= 4 is 34.8 Å². The Morgan fingerprint density at radius 2 is 1.67 bits per heavy atom. The van der Waals surface area contributed by atoms with Crippen LogP contribution in [0.1, 0.15) is 5.56 Å². The molecule has 1 N–H and O–H groups in total. The van der Waals surface area contributed by atoms with Crippen LogP contribution in [0.25, 0.3) is 21.9 Å². The minimum absolute atomic E-state index is 0.361. The van der Waals surface area contributed by atoms with Crippen LogP contribution in [0.2, 0.25) is 19.6 Å². The highest BCUT2D eigenvalue weighted by Crippen LogP contribution is 2.43. The van der Waals surface area contributed by atoms with Crippen LogP contribution in [0.3, 0.4) is 0 Å². The van der Waals surface area contributed by atoms with Crippen molar-refractivity contribution < 1.29 is 12.8 Å². The van der Waals surface area contributed by atoms with Crippen molar-refractivity contribution in [1.29, 1.82) is 0 Å². The second-order valence-electron chi connectivity index (χ2n) is 7.82. The molecular formula is C21H23NO3SSi. The number of hydrogen-bond donors (Lipinski definition) is 1. The molecule has 1 aliphatic rings. The van der Waals surface area contributed by atoms with Crippen LogP contribution in [0.15, 0.2) is 59.5 Å². The first kappa shape index (κ1) is 18.2. The van der Waals surface area contributed by atoms with E-state index < -0.39 is 18.3 Å². The molecule has 0 amide bonds. The first-order valence-corrected chi connectivity index (χ1v) is 14.0. The molecule has 0 saturated carbocycles. The van der Waals surface area contributed by atoms with Gasteiger partial charge in [0.05, 0.1) is 10.6 Å². The van der Waals surface area contributed by atoms with Crippen LogP contribution in [0, 0.1) is 0 Å². The number of nitrogens with one attached hydrogen (secondary N) is 1. The second kappa shape index (κ2) is 6.47. The molecule has 6 heteroatoms. The Balaban J connectivity index is 1.92. The lowest BCUT2D eigenvalue weighted by molar-refractivity contribution is 0.316. The SMILES string of the molecule is C[Si](C)(C)OCCc1ccc2c3c(ccc(-c4ccccc4)c13)NS2(=O)=O. The van der Waals surface area contributed by atoms with Crippen molar-refractivity contribution in [3.63, 3.8) is 0 Å². The molecule has 4 nitrogen and oxygen atoms in total. The number of anilines is 1. The van der Waals surface area contributed by atoms with Crippen molar-refractivity contribution in [3.8, 4) is 11.1 Å². The number of benzene rings is 3. The molecule has 0 unspecified atom stereocenters. The number of rotatable bonds is 5. The molecule has 0 atom stereocenters. The summed E-state index contributed by atoms with van der Waals surface area (Å²) >= 11 is 0. The normalized spacial score (nSPS) is 15.1. The van der Waals surface area contributed by atoms with E-state index in [4.69, 9.17) is 4.43 Å². The quantitative estimate of drug-likeness (QED) is 0.615. The Morgan fingerprint density at radius 3 is 2.37 bits per heavy atom. The zero-order valence-corrected chi connectivity index (χ0v) is 17.6. The molecule has 0 aromatic heterocycles. The lowest BCUT2D eigenvalue weighted by atomic mass is 9.92. The molecule has 27 heavy (non-hydrogen) atoms. The van der Waals surface area contributed by atoms with E-state index in [2.05, 4.69) is 36.5 Å². The molecule has 0 saturated heterocycles. The van der Waals surface area contributed by atoms with E-state index in [1.807, 2.05) is 36.4 Å². The summed E-state index contributed by atoms with van der Waals surface area (Å²) in [5.41, 5.74) is 3.91. The highest BCUT2D eigenvalue weighted by molar-refractivity contribution is 7.93. The molecule has 0 fully saturated rings. The number of hydrogen-bond acceptors (Lipinski definition) is 3. The van der Waals surface area contributed by atoms with Gasteiger partial charge in [0.1, 0.15) is 0 Å². The van der Waals surface area contributed by atoms with Crippen molar-refractivity contribution in [3.05, 3.63) is 60.2 Å². The van der Waals surface area contributed by atoms with Gasteiger partial charge in [0.25, 0.3) is 10.0 Å². The summed E-state index contributed by atoms with van der Waals surface area (Å²) in [7, 11) is -5.09. The van der Waals surface area contributed by atoms with Gasteiger partial charge in [-0.15, -0.1) is 0 Å². The summed E-state index contributed by atoms with van der Waals surface area (Å²) in [5.74, 6) is 0. The molecule has 0 bridgehead atoms. The molecule has 3 aromatic rings. The average Bonchev–Trinajstić information content (AvgIpc) is 2.88. The fraction of sp³-hybridized carbons (Fsp3) is 0.238. The minimum Gasteiger partial charge on any atom is -0.417 e. The smallest absolute Gasteiger partial charge is 0.262 e. The van der Waals surface area contributed by atoms with Gasteiger partial charge >= 0.3 is 0 Å². The first-order valence-electron chi connectivity index (χ1n) is 9.07. The van der Waals surface area contributed by atoms with E-state index >= 15 is 0 Å². The van der Waals surface area contributed by atoms with Crippen LogP contribution in [-0.4, -0.2) is 23.3 Å². The Bertz CT molecular complexity index is 1120. The van der Waals surface area contributed by atoms with Gasteiger partial charge in [-0.05, 0) is 60.3 Å². The zero-order valence-electron chi connectivity index (χ0n) is 15.7. The predicted octanol–water partition coefficient (Wildman–Crippen LogP) is 5.02. The molecular weight excluding hydrogens is 374 g/mol. The van der Waals surface area contributed by atoms with E-state index in [0.717, 1.165) is 33.9 Å². The van der Waals surface area contributed by atoms with Gasteiger partial charge in [-0.3, -0.25) is 4.72 Å². The van der Waals surface area contributed by atoms with Gasteiger partial charge in [-0.25, -0.2) is 8.42 Å². The fourth-order valence-electron chi connectivity index (χ4n) is 3.58. The highest BCUT2D eigenvalue weighted by atomic mass is 32.2. The second-order valence-corrected chi connectivity index (χ2v) is 14.0. The van der Waals surface area contributed by atoms with Gasteiger partial charge < -0.3 is 4.43 Å². The van der Waals surface area contributed by atoms with E-state index in [1.165, 1.54) is 0 Å². The fourth-order valence-corrected chi connectivity index (χ4v) is 5.59. The first-order chi connectivity index (χ1) is 12.8. The molecule has 0 spiro atoms. The van der Waals surface area contributed by atoms with Crippen LogP contribution in [0.4, 0.5) is 5.69 Å². The van der Waals surface area contributed by atoms with E-state index in [1.54, 1.807) is 6.07 Å². The van der Waals surface area contributed by atoms with Gasteiger partial charge in [-0.1, -0.05) is 42.5 Å². The van der Waals surface area contributed by atoms with Crippen LogP contribution < -0.4 is 4.72 Å². The number of sulfonamides is 1. The largest absolute Gasteiger partial charge is 0.417 e. The van der Waals surface area contributed by atoms with Crippen molar-refractivity contribution in [2.75, 3.05) is 11.3 Å². The molecule has 140 valence electrons. The average molecular weight is 398 g/mol. The standard InChI is InChI=1S/C21H23NO3SSi/c1-27(2,3)25-14-13-16-9-12-19-21-18(22-26(19,23)24)11-10-17(20(16)21)15-7-5-4-6-8-15/h4-12,22H,13-14H2,1-3H3. The minimum atomic E-state index is -3.49. The maximum absolute atomic E-state index is 12.5. The third kappa shape index (κ3) is 3.40. The third-order valence-corrected chi connectivity index (χ3v) is 7.21. The van der Waals surface area contributed by atoms with Crippen molar-refractivity contribution in [1.82, 2.24) is 0 Å². The predicted molar refractivity (Wildman–Crippen MR) is 113 cm³/mol. The van der Waals surface area contributed by atoms with Gasteiger partial charge in [0.15, 0.2) is 8.32 Å². The summed E-state index contributed by atoms with van der Waals surface area (Å²) < 4.78 is 33.7. The zero-order chi connectivity index (χ0) is 19.2. The summed E-state index contributed by atoms with van der Waals surface area (Å²) in [6, 6.07) is 17.6. The molecule has 0 radical (unpaired) electrons. The summed E-state index contributed by atoms with van der Waals surface area (Å²) in [5, 5.41) is 1.80. The van der Waals surface area contributed by atoms with Gasteiger partial charge in [0.2, 0.25) is 0 Å². The van der Waals surface area contributed by atoms with Crippen molar-refractivity contribution in [2.24, 2.45) is 0 Å². The maximum atomic E-state index is 12.5. The van der Waals surface area contributed by atoms with E-state index in [0.29, 0.717) is 17.2 Å². The molecule has 1 heterocycles. The van der Waals surface area contributed by atoms with Crippen LogP contribution >= 0.6 is 0 Å². The topological polar surface area (TPSA) is 55.4 Å². The monoisotopic (exact) mass is 397 g/mol. The molecule has 4 rings (SSSR count). The van der Waals surface area contributed by atoms with Gasteiger partial charge in [-0.2, -0.15) is 0 Å². The third-order valence-electron chi connectivity index (χ3n) is 4.73. The van der Waals surface area contributed by atoms with Crippen molar-refractivity contribution in [2.45, 2.75) is 31.0 Å². The van der Waals surface area contributed by atoms with Crippen LogP contribution in [-0.2, 0) is 20.9 Å². The summed E-state index contributed by atoms with van der Waals surface area (Å²) in [6.07, 6.45) is 0.754. The Morgan fingerprint density at radius 1 is 0.926 bits per heavy atom. The maximum Gasteiger partial charge on any atom is 0.262 e. The summed E-state index contributed by atoms with van der Waals surface area (Å²) in [6.45, 7) is 7.16. The van der Waals surface area contributed by atoms with Crippen LogP contribution in [0.5, 0.6) is 0 Å². The lowest BCUT2D eigenvalue weighted by Crippen LogP contribution is -2.26. The molecule has 1 aliphatic heterocycles. The summed E-state index contributed by atoms with van der Waals surface area (Å²) in [4.78, 5) is 0.361.